The molecule has 0 atom stereocenters. The predicted molar refractivity (Wildman–Crippen MR) is 141 cm³/mol. The van der Waals surface area contributed by atoms with Crippen LogP contribution in [0.5, 0.6) is 0 Å². The van der Waals surface area contributed by atoms with Crippen LogP contribution in [0.15, 0.2) is 54.6 Å². The Balaban J connectivity index is 1.19. The number of thiophene rings is 1. The minimum atomic E-state index is -0.0909. The Labute approximate surface area is 211 Å². The van der Waals surface area contributed by atoms with E-state index in [9.17, 15) is 9.59 Å². The van der Waals surface area contributed by atoms with Crippen LogP contribution in [0.4, 0.5) is 0 Å². The highest BCUT2D eigenvalue weighted by molar-refractivity contribution is 7.12. The van der Waals surface area contributed by atoms with Gasteiger partial charge in [-0.15, -0.1) is 11.3 Å². The second kappa shape index (κ2) is 9.62. The number of hydrogen-bond acceptors (Lipinski definition) is 4. The lowest BCUT2D eigenvalue weighted by molar-refractivity contribution is -0.159. The number of nitrogens with one attached hydrogen (secondary N) is 1. The van der Waals surface area contributed by atoms with Crippen LogP contribution in [0.2, 0.25) is 0 Å². The first kappa shape index (κ1) is 23.8. The maximum Gasteiger partial charge on any atom is 0.308 e. The summed E-state index contributed by atoms with van der Waals surface area (Å²) < 4.78 is 4.87. The largest absolute Gasteiger partial charge is 0.469 e. The second-order valence-electron chi connectivity index (χ2n) is 10.3. The third-order valence-electron chi connectivity index (χ3n) is 7.92. The average Bonchev–Trinajstić information content (AvgIpc) is 3.11. The van der Waals surface area contributed by atoms with E-state index in [1.165, 1.54) is 34.2 Å². The summed E-state index contributed by atoms with van der Waals surface area (Å²) in [5, 5.41) is 3.28. The Morgan fingerprint density at radius 3 is 2.23 bits per heavy atom. The molecule has 5 rings (SSSR count). The molecule has 1 aromatic heterocycles. The van der Waals surface area contributed by atoms with Gasteiger partial charge >= 0.3 is 5.97 Å². The molecule has 2 aliphatic carbocycles. The summed E-state index contributed by atoms with van der Waals surface area (Å²) >= 11 is 1.72. The molecule has 5 heteroatoms. The number of ether oxygens (including phenoxy) is 1. The first-order valence-electron chi connectivity index (χ1n) is 12.5. The van der Waals surface area contributed by atoms with E-state index in [1.807, 2.05) is 6.07 Å². The van der Waals surface area contributed by atoms with Gasteiger partial charge in [0, 0.05) is 15.8 Å². The van der Waals surface area contributed by atoms with Crippen molar-refractivity contribution >= 4 is 23.2 Å². The van der Waals surface area contributed by atoms with Gasteiger partial charge in [0.1, 0.15) is 0 Å². The smallest absolute Gasteiger partial charge is 0.308 e. The van der Waals surface area contributed by atoms with Gasteiger partial charge in [0.15, 0.2) is 0 Å². The normalized spacial score (nSPS) is 22.8. The number of amides is 1. The van der Waals surface area contributed by atoms with Crippen molar-refractivity contribution in [2.45, 2.75) is 58.4 Å². The van der Waals surface area contributed by atoms with E-state index in [1.54, 1.807) is 11.3 Å². The van der Waals surface area contributed by atoms with Crippen molar-refractivity contribution in [1.82, 2.24) is 5.32 Å². The topological polar surface area (TPSA) is 55.4 Å². The van der Waals surface area contributed by atoms with Gasteiger partial charge in [-0.05, 0) is 80.0 Å². The highest BCUT2D eigenvalue weighted by Gasteiger charge is 2.55. The number of rotatable bonds is 7. The molecule has 2 aliphatic rings. The number of carbonyl (C=O) groups is 2. The zero-order valence-corrected chi connectivity index (χ0v) is 21.5. The molecule has 3 aromatic rings. The molecule has 0 radical (unpaired) electrons. The van der Waals surface area contributed by atoms with Crippen molar-refractivity contribution in [2.24, 2.45) is 11.3 Å². The number of carbonyl (C=O) groups excluding carboxylic acids is 2. The molecule has 0 unspecified atom stereocenters. The summed E-state index contributed by atoms with van der Waals surface area (Å²) in [6.07, 6.45) is 5.51. The molecule has 1 spiro atoms. The Morgan fingerprint density at radius 1 is 0.914 bits per heavy atom. The van der Waals surface area contributed by atoms with Crippen LogP contribution >= 0.6 is 11.3 Å². The van der Waals surface area contributed by atoms with Crippen molar-refractivity contribution in [3.63, 3.8) is 0 Å². The highest BCUT2D eigenvalue weighted by Crippen LogP contribution is 2.59. The van der Waals surface area contributed by atoms with Crippen molar-refractivity contribution in [3.8, 4) is 11.1 Å². The monoisotopic (exact) mass is 487 g/mol. The van der Waals surface area contributed by atoms with E-state index < -0.39 is 0 Å². The zero-order chi connectivity index (χ0) is 24.6. The third-order valence-corrected chi connectivity index (χ3v) is 8.99. The van der Waals surface area contributed by atoms with Crippen LogP contribution in [0, 0.1) is 25.2 Å². The van der Waals surface area contributed by atoms with Gasteiger partial charge in [-0.2, -0.15) is 0 Å². The van der Waals surface area contributed by atoms with Crippen LogP contribution in [-0.4, -0.2) is 25.0 Å². The van der Waals surface area contributed by atoms with E-state index in [-0.39, 0.29) is 29.3 Å². The Morgan fingerprint density at radius 2 is 1.57 bits per heavy atom. The first-order valence-corrected chi connectivity index (χ1v) is 13.3. The van der Waals surface area contributed by atoms with Gasteiger partial charge in [0.2, 0.25) is 0 Å². The summed E-state index contributed by atoms with van der Waals surface area (Å²) in [6, 6.07) is 19.4. The molecule has 2 aromatic carbocycles. The number of methoxy groups -OCH3 is 1. The molecular weight excluding hydrogens is 454 g/mol. The minimum Gasteiger partial charge on any atom is -0.469 e. The highest BCUT2D eigenvalue weighted by atomic mass is 32.1. The molecule has 1 amide bonds. The van der Waals surface area contributed by atoms with E-state index in [0.717, 1.165) is 49.0 Å². The molecule has 1 N–H and O–H groups in total. The Bertz CT molecular complexity index is 1210. The van der Waals surface area contributed by atoms with Gasteiger partial charge in [-0.1, -0.05) is 54.6 Å². The predicted octanol–water partition coefficient (Wildman–Crippen LogP) is 6.28. The number of aryl methyl sites for hydroxylation is 3. The van der Waals surface area contributed by atoms with Crippen LogP contribution in [-0.2, 0) is 22.4 Å². The summed E-state index contributed by atoms with van der Waals surface area (Å²) in [4.78, 5) is 27.3. The van der Waals surface area contributed by atoms with E-state index in [0.29, 0.717) is 0 Å². The van der Waals surface area contributed by atoms with Crippen molar-refractivity contribution in [2.75, 3.05) is 7.11 Å². The molecule has 1 heterocycles. The Kier molecular flexibility index (Phi) is 6.54. The van der Waals surface area contributed by atoms with Crippen LogP contribution in [0.1, 0.15) is 56.9 Å². The molecule has 0 saturated heterocycles. The summed E-state index contributed by atoms with van der Waals surface area (Å²) in [5.41, 5.74) is 6.02. The molecular formula is C30H33NO3S. The molecule has 2 fully saturated rings. The van der Waals surface area contributed by atoms with Gasteiger partial charge in [0.05, 0.1) is 18.6 Å². The van der Waals surface area contributed by atoms with Crippen molar-refractivity contribution in [1.29, 1.82) is 0 Å². The van der Waals surface area contributed by atoms with Gasteiger partial charge in [-0.3, -0.25) is 9.59 Å². The van der Waals surface area contributed by atoms with Crippen LogP contribution in [0.3, 0.4) is 0 Å². The number of esters is 1. The fourth-order valence-electron chi connectivity index (χ4n) is 6.09. The SMILES string of the molecule is COC(=O)C1CC2(CC(NC(=O)c3c(C)sc(C)c3CCc3ccc(-c4ccccc4)cc3)C2)C1. The first-order chi connectivity index (χ1) is 16.9. The van der Waals surface area contributed by atoms with E-state index in [2.05, 4.69) is 67.7 Å². The molecule has 4 nitrogen and oxygen atoms in total. The molecule has 2 saturated carbocycles. The molecule has 182 valence electrons. The third kappa shape index (κ3) is 4.79. The van der Waals surface area contributed by atoms with E-state index in [4.69, 9.17) is 4.74 Å². The lowest BCUT2D eigenvalue weighted by atomic mass is 9.50. The quantitative estimate of drug-likeness (QED) is 0.399. The number of hydrogen-bond donors (Lipinski definition) is 1. The minimum absolute atomic E-state index is 0.0479. The zero-order valence-electron chi connectivity index (χ0n) is 20.7. The Hall–Kier alpha value is -2.92. The fourth-order valence-corrected chi connectivity index (χ4v) is 7.19. The average molecular weight is 488 g/mol. The molecule has 0 bridgehead atoms. The molecule has 35 heavy (non-hydrogen) atoms. The standard InChI is InChI=1S/C30H33NO3S/c1-19-26(14-11-21-9-12-23(13-10-21)22-7-5-4-6-8-22)27(20(2)35-19)28(32)31-25-17-30(18-25)15-24(16-30)29(33)34-3/h4-10,12-13,24-25H,11,14-18H2,1-3H3,(H,31,32). The maximum atomic E-state index is 13.3. The maximum absolute atomic E-state index is 13.3. The van der Waals surface area contributed by atoms with Crippen LogP contribution in [0.25, 0.3) is 11.1 Å². The van der Waals surface area contributed by atoms with Crippen molar-refractivity contribution in [3.05, 3.63) is 81.0 Å². The second-order valence-corrected chi connectivity index (χ2v) is 11.8. The van der Waals surface area contributed by atoms with Crippen LogP contribution < -0.4 is 5.32 Å². The summed E-state index contributed by atoms with van der Waals surface area (Å²) in [5.74, 6) is 0.0172. The van der Waals surface area contributed by atoms with Gasteiger partial charge in [-0.25, -0.2) is 0 Å². The number of benzene rings is 2. The van der Waals surface area contributed by atoms with E-state index >= 15 is 0 Å². The summed E-state index contributed by atoms with van der Waals surface area (Å²) in [6.45, 7) is 4.18. The lowest BCUT2D eigenvalue weighted by Gasteiger charge is -2.56. The van der Waals surface area contributed by atoms with Crippen molar-refractivity contribution < 1.29 is 14.3 Å². The van der Waals surface area contributed by atoms with Gasteiger partial charge < -0.3 is 10.1 Å². The summed E-state index contributed by atoms with van der Waals surface area (Å²) in [7, 11) is 1.46. The molecule has 0 aliphatic heterocycles. The fraction of sp³-hybridized carbons (Fsp3) is 0.400. The van der Waals surface area contributed by atoms with Gasteiger partial charge in [0.25, 0.3) is 5.91 Å². The lowest BCUT2D eigenvalue weighted by Crippen LogP contribution is -2.57.